The van der Waals surface area contributed by atoms with Crippen LogP contribution in [0.3, 0.4) is 0 Å². The van der Waals surface area contributed by atoms with Gasteiger partial charge in [0.2, 0.25) is 21.8 Å². The highest BCUT2D eigenvalue weighted by Crippen LogP contribution is 2.33. The Balaban J connectivity index is 1.29. The lowest BCUT2D eigenvalue weighted by molar-refractivity contribution is -0.131. The van der Waals surface area contributed by atoms with E-state index in [-0.39, 0.29) is 35.7 Å². The number of nitrogens with one attached hydrogen (secondary N) is 1. The molecule has 2 aromatic carbocycles. The van der Waals surface area contributed by atoms with Gasteiger partial charge in [0.25, 0.3) is 0 Å². The Morgan fingerprint density at radius 3 is 2.39 bits per heavy atom. The molecule has 33 heavy (non-hydrogen) atoms. The summed E-state index contributed by atoms with van der Waals surface area (Å²) in [6, 6.07) is 14.9. The second-order valence-electron chi connectivity index (χ2n) is 8.58. The summed E-state index contributed by atoms with van der Waals surface area (Å²) in [5, 5.41) is 0. The molecule has 0 bridgehead atoms. The number of hydrogen-bond acceptors (Lipinski definition) is 5. The lowest BCUT2D eigenvalue weighted by atomic mass is 10.1. The van der Waals surface area contributed by atoms with Crippen molar-refractivity contribution in [3.05, 3.63) is 54.1 Å². The molecule has 0 aromatic heterocycles. The zero-order valence-corrected chi connectivity index (χ0v) is 19.8. The predicted octanol–water partition coefficient (Wildman–Crippen LogP) is 2.00. The normalized spacial score (nSPS) is 18.4. The van der Waals surface area contributed by atoms with Crippen LogP contribution < -0.4 is 14.5 Å². The van der Waals surface area contributed by atoms with E-state index in [0.717, 1.165) is 30.0 Å². The molecule has 2 heterocycles. The van der Waals surface area contributed by atoms with Gasteiger partial charge in [0.05, 0.1) is 4.90 Å². The third-order valence-corrected chi connectivity index (χ3v) is 7.76. The molecular weight excluding hydrogens is 440 g/mol. The Labute approximate surface area is 195 Å². The second-order valence-corrected chi connectivity index (χ2v) is 10.4. The Morgan fingerprint density at radius 1 is 1.03 bits per heavy atom. The van der Waals surface area contributed by atoms with Crippen molar-refractivity contribution in [2.45, 2.75) is 37.6 Å². The van der Waals surface area contributed by atoms with Gasteiger partial charge >= 0.3 is 0 Å². The molecule has 1 fully saturated rings. The van der Waals surface area contributed by atoms with E-state index in [2.05, 4.69) is 21.8 Å². The van der Waals surface area contributed by atoms with E-state index in [0.29, 0.717) is 19.5 Å². The highest BCUT2D eigenvalue weighted by Gasteiger charge is 2.30. The van der Waals surface area contributed by atoms with Crippen LogP contribution in [0.25, 0.3) is 0 Å². The highest BCUT2D eigenvalue weighted by molar-refractivity contribution is 7.89. The molecular formula is C24H30N4O4S. The van der Waals surface area contributed by atoms with Gasteiger partial charge in [-0.05, 0) is 49.2 Å². The van der Waals surface area contributed by atoms with Gasteiger partial charge in [-0.1, -0.05) is 18.2 Å². The van der Waals surface area contributed by atoms with E-state index in [1.165, 1.54) is 13.0 Å². The minimum atomic E-state index is -3.74. The largest absolute Gasteiger partial charge is 0.368 e. The zero-order valence-electron chi connectivity index (χ0n) is 19.0. The van der Waals surface area contributed by atoms with Crippen LogP contribution in [0.2, 0.25) is 0 Å². The first-order valence-electron chi connectivity index (χ1n) is 11.3. The van der Waals surface area contributed by atoms with Crippen molar-refractivity contribution in [2.75, 3.05) is 42.5 Å². The molecule has 2 amide bonds. The third kappa shape index (κ3) is 5.04. The molecule has 0 unspecified atom stereocenters. The molecule has 176 valence electrons. The molecule has 0 aliphatic carbocycles. The number of fused-ring (bicyclic) bond motifs is 1. The summed E-state index contributed by atoms with van der Waals surface area (Å²) in [6.45, 7) is 6.26. The summed E-state index contributed by atoms with van der Waals surface area (Å²) in [5.74, 6) is -0.108. The molecule has 1 N–H and O–H groups in total. The average Bonchev–Trinajstić information content (AvgIpc) is 3.14. The number of sulfonamides is 1. The Bertz CT molecular complexity index is 1130. The third-order valence-electron chi connectivity index (χ3n) is 6.30. The minimum Gasteiger partial charge on any atom is -0.368 e. The van der Waals surface area contributed by atoms with Gasteiger partial charge in [-0.25, -0.2) is 13.1 Å². The van der Waals surface area contributed by atoms with E-state index in [4.69, 9.17) is 0 Å². The van der Waals surface area contributed by atoms with Crippen molar-refractivity contribution in [3.63, 3.8) is 0 Å². The number of carbonyl (C=O) groups is 2. The molecule has 2 aliphatic heterocycles. The van der Waals surface area contributed by atoms with E-state index < -0.39 is 10.0 Å². The molecule has 0 spiro atoms. The molecule has 4 rings (SSSR count). The maximum absolute atomic E-state index is 12.8. The molecule has 1 saturated heterocycles. The van der Waals surface area contributed by atoms with Crippen molar-refractivity contribution in [1.82, 2.24) is 9.62 Å². The first kappa shape index (κ1) is 23.3. The Kier molecular flexibility index (Phi) is 6.71. The smallest absolute Gasteiger partial charge is 0.240 e. The highest BCUT2D eigenvalue weighted by atomic mass is 32.2. The van der Waals surface area contributed by atoms with E-state index in [1.54, 1.807) is 21.9 Å². The first-order chi connectivity index (χ1) is 15.8. The van der Waals surface area contributed by atoms with Crippen LogP contribution in [0, 0.1) is 0 Å². The van der Waals surface area contributed by atoms with Gasteiger partial charge in [0.15, 0.2) is 0 Å². The number of rotatable bonds is 6. The molecule has 9 heteroatoms. The van der Waals surface area contributed by atoms with Crippen molar-refractivity contribution in [3.8, 4) is 0 Å². The topological polar surface area (TPSA) is 90.0 Å². The zero-order chi connectivity index (χ0) is 23.6. The predicted molar refractivity (Wildman–Crippen MR) is 128 cm³/mol. The molecule has 2 aliphatic rings. The van der Waals surface area contributed by atoms with Gasteiger partial charge < -0.3 is 14.7 Å². The van der Waals surface area contributed by atoms with E-state index >= 15 is 0 Å². The van der Waals surface area contributed by atoms with Crippen LogP contribution in [0.4, 0.5) is 11.4 Å². The summed E-state index contributed by atoms with van der Waals surface area (Å²) in [4.78, 5) is 30.4. The SMILES string of the molecule is CC(=O)N1c2ccc(S(=O)(=O)NCCC(=O)N3CCN(c4ccccc4)CC3)cc2C[C@@H]1C. The summed E-state index contributed by atoms with van der Waals surface area (Å²) in [7, 11) is -3.74. The molecule has 0 radical (unpaired) electrons. The number of anilines is 2. The molecule has 1 atom stereocenters. The van der Waals surface area contributed by atoms with Crippen molar-refractivity contribution in [2.24, 2.45) is 0 Å². The van der Waals surface area contributed by atoms with Crippen molar-refractivity contribution < 1.29 is 18.0 Å². The van der Waals surface area contributed by atoms with Crippen molar-refractivity contribution in [1.29, 1.82) is 0 Å². The monoisotopic (exact) mass is 470 g/mol. The van der Waals surface area contributed by atoms with Gasteiger partial charge in [-0.15, -0.1) is 0 Å². The quantitative estimate of drug-likeness (QED) is 0.698. The lowest BCUT2D eigenvalue weighted by Crippen LogP contribution is -2.49. The standard InChI is InChI=1S/C24H30N4O4S/c1-18-16-20-17-22(8-9-23(20)28(18)19(2)29)33(31,32)25-11-10-24(30)27-14-12-26(13-15-27)21-6-4-3-5-7-21/h3-9,17-18,25H,10-16H2,1-2H3/t18-/m0/s1. The maximum Gasteiger partial charge on any atom is 0.240 e. The Hall–Kier alpha value is -2.91. The lowest BCUT2D eigenvalue weighted by Gasteiger charge is -2.36. The molecule has 0 saturated carbocycles. The fourth-order valence-electron chi connectivity index (χ4n) is 4.64. The maximum atomic E-state index is 12.8. The number of hydrogen-bond donors (Lipinski definition) is 1. The summed E-state index contributed by atoms with van der Waals surface area (Å²) < 4.78 is 28.1. The summed E-state index contributed by atoms with van der Waals surface area (Å²) in [6.07, 6.45) is 0.733. The molecule has 2 aromatic rings. The fourth-order valence-corrected chi connectivity index (χ4v) is 5.72. The van der Waals surface area contributed by atoms with Crippen LogP contribution >= 0.6 is 0 Å². The van der Waals surface area contributed by atoms with Crippen LogP contribution in [0.1, 0.15) is 25.8 Å². The Morgan fingerprint density at radius 2 is 1.73 bits per heavy atom. The van der Waals surface area contributed by atoms with Gasteiger partial charge in [-0.2, -0.15) is 0 Å². The average molecular weight is 471 g/mol. The van der Waals surface area contributed by atoms with Crippen LogP contribution in [0.5, 0.6) is 0 Å². The minimum absolute atomic E-state index is 0.00314. The van der Waals surface area contributed by atoms with Crippen LogP contribution in [-0.4, -0.2) is 63.9 Å². The fraction of sp³-hybridized carbons (Fsp3) is 0.417. The van der Waals surface area contributed by atoms with Crippen LogP contribution in [-0.2, 0) is 26.0 Å². The number of piperazine rings is 1. The summed E-state index contributed by atoms with van der Waals surface area (Å²) >= 11 is 0. The second kappa shape index (κ2) is 9.52. The summed E-state index contributed by atoms with van der Waals surface area (Å²) in [5.41, 5.74) is 2.75. The van der Waals surface area contributed by atoms with E-state index in [1.807, 2.05) is 25.1 Å². The number of para-hydroxylation sites is 1. The number of nitrogens with zero attached hydrogens (tertiary/aromatic N) is 3. The van der Waals surface area contributed by atoms with E-state index in [9.17, 15) is 18.0 Å². The first-order valence-corrected chi connectivity index (χ1v) is 12.7. The van der Waals surface area contributed by atoms with Gasteiger partial charge in [-0.3, -0.25) is 9.59 Å². The number of benzene rings is 2. The van der Waals surface area contributed by atoms with Crippen LogP contribution in [0.15, 0.2) is 53.4 Å². The number of amides is 2. The molecule has 8 nitrogen and oxygen atoms in total. The van der Waals surface area contributed by atoms with Gasteiger partial charge in [0.1, 0.15) is 0 Å². The van der Waals surface area contributed by atoms with Gasteiger partial charge in [0, 0.05) is 63.5 Å². The number of carbonyl (C=O) groups excluding carboxylic acids is 2. The van der Waals surface area contributed by atoms with Crippen molar-refractivity contribution >= 4 is 33.2 Å².